The number of nitrogens with one attached hydrogen (secondary N) is 1. The first-order valence-electron chi connectivity index (χ1n) is 9.61. The highest BCUT2D eigenvalue weighted by molar-refractivity contribution is 4.94. The summed E-state index contributed by atoms with van der Waals surface area (Å²) in [5, 5.41) is 3.95. The van der Waals surface area contributed by atoms with Crippen molar-refractivity contribution in [3.05, 3.63) is 0 Å². The van der Waals surface area contributed by atoms with Gasteiger partial charge < -0.3 is 5.32 Å². The van der Waals surface area contributed by atoms with Crippen molar-refractivity contribution >= 4 is 0 Å². The van der Waals surface area contributed by atoms with E-state index in [4.69, 9.17) is 0 Å². The fourth-order valence-corrected chi connectivity index (χ4v) is 5.46. The summed E-state index contributed by atoms with van der Waals surface area (Å²) in [6.45, 7) is 6.58. The van der Waals surface area contributed by atoms with Crippen LogP contribution in [-0.4, -0.2) is 60.6 Å². The van der Waals surface area contributed by atoms with Crippen molar-refractivity contribution < 1.29 is 0 Å². The molecule has 2 aliphatic carbocycles. The Bertz CT molecular complexity index is 317. The second-order valence-corrected chi connectivity index (χ2v) is 8.03. The fourth-order valence-electron chi connectivity index (χ4n) is 5.46. The average molecular weight is 291 g/mol. The number of nitrogens with zero attached hydrogens (tertiary/aromatic N) is 2. The lowest BCUT2D eigenvalue weighted by molar-refractivity contribution is 0.0924. The molecule has 120 valence electrons. The summed E-state index contributed by atoms with van der Waals surface area (Å²) in [5.41, 5.74) is 0. The largest absolute Gasteiger partial charge is 0.310 e. The minimum absolute atomic E-state index is 0.788. The zero-order valence-corrected chi connectivity index (χ0v) is 13.6. The van der Waals surface area contributed by atoms with Crippen LogP contribution in [0.2, 0.25) is 0 Å². The Morgan fingerprint density at radius 2 is 1.52 bits per heavy atom. The van der Waals surface area contributed by atoms with Crippen LogP contribution >= 0.6 is 0 Å². The molecule has 3 nitrogen and oxygen atoms in total. The van der Waals surface area contributed by atoms with Gasteiger partial charge in [-0.25, -0.2) is 0 Å². The van der Waals surface area contributed by atoms with Crippen molar-refractivity contribution in [1.82, 2.24) is 15.1 Å². The molecule has 0 bridgehead atoms. The van der Waals surface area contributed by atoms with Gasteiger partial charge in [-0.2, -0.15) is 0 Å². The van der Waals surface area contributed by atoms with Crippen molar-refractivity contribution in [1.29, 1.82) is 0 Å². The molecule has 4 fully saturated rings. The molecule has 0 amide bonds. The van der Waals surface area contributed by atoms with Gasteiger partial charge in [-0.3, -0.25) is 9.80 Å². The SMILES string of the molecule is C1CCC2NC(CN3CCN(C4CCCC4)CC3)CC2C1. The molecule has 0 spiro atoms. The summed E-state index contributed by atoms with van der Waals surface area (Å²) in [6, 6.07) is 2.58. The van der Waals surface area contributed by atoms with E-state index in [1.165, 1.54) is 90.5 Å². The maximum absolute atomic E-state index is 3.95. The molecule has 4 aliphatic rings. The molecule has 2 heterocycles. The molecule has 0 radical (unpaired) electrons. The zero-order chi connectivity index (χ0) is 14.1. The summed E-state index contributed by atoms with van der Waals surface area (Å²) in [7, 11) is 0. The highest BCUT2D eigenvalue weighted by Crippen LogP contribution is 2.33. The molecule has 4 rings (SSSR count). The first-order valence-corrected chi connectivity index (χ1v) is 9.61. The van der Waals surface area contributed by atoms with Crippen LogP contribution in [-0.2, 0) is 0 Å². The van der Waals surface area contributed by atoms with Crippen molar-refractivity contribution in [3.8, 4) is 0 Å². The van der Waals surface area contributed by atoms with E-state index in [0.717, 1.165) is 24.0 Å². The van der Waals surface area contributed by atoms with E-state index >= 15 is 0 Å². The molecule has 1 N–H and O–H groups in total. The lowest BCUT2D eigenvalue weighted by Crippen LogP contribution is -2.52. The summed E-state index contributed by atoms with van der Waals surface area (Å²) in [6.07, 6.45) is 13.2. The van der Waals surface area contributed by atoms with Crippen LogP contribution in [0.25, 0.3) is 0 Å². The number of piperazine rings is 1. The Kier molecular flexibility index (Phi) is 4.52. The third-order valence-electron chi connectivity index (χ3n) is 6.67. The van der Waals surface area contributed by atoms with Crippen molar-refractivity contribution in [2.24, 2.45) is 5.92 Å². The molecule has 2 aliphatic heterocycles. The molecule has 0 aromatic heterocycles. The third-order valence-corrected chi connectivity index (χ3v) is 6.67. The summed E-state index contributed by atoms with van der Waals surface area (Å²) < 4.78 is 0. The van der Waals surface area contributed by atoms with Gasteiger partial charge >= 0.3 is 0 Å². The Morgan fingerprint density at radius 3 is 2.29 bits per heavy atom. The lowest BCUT2D eigenvalue weighted by Gasteiger charge is -2.39. The van der Waals surface area contributed by atoms with Gasteiger partial charge in [-0.15, -0.1) is 0 Å². The molecular weight excluding hydrogens is 258 g/mol. The van der Waals surface area contributed by atoms with Gasteiger partial charge in [0.25, 0.3) is 0 Å². The van der Waals surface area contributed by atoms with Crippen LogP contribution < -0.4 is 5.32 Å². The minimum atomic E-state index is 0.788. The van der Waals surface area contributed by atoms with Gasteiger partial charge in [0.05, 0.1) is 0 Å². The standard InChI is InChI=1S/C18H33N3/c1-4-8-18-15(5-1)13-16(19-18)14-20-9-11-21(12-10-20)17-6-2-3-7-17/h15-19H,1-14H2. The Morgan fingerprint density at radius 1 is 0.810 bits per heavy atom. The second kappa shape index (κ2) is 6.55. The van der Waals surface area contributed by atoms with Crippen LogP contribution in [0.1, 0.15) is 57.8 Å². The van der Waals surface area contributed by atoms with E-state index in [-0.39, 0.29) is 0 Å². The lowest BCUT2D eigenvalue weighted by atomic mass is 9.85. The highest BCUT2D eigenvalue weighted by Gasteiger charge is 2.36. The van der Waals surface area contributed by atoms with Gasteiger partial charge in [-0.05, 0) is 38.0 Å². The van der Waals surface area contributed by atoms with Gasteiger partial charge in [-0.1, -0.05) is 25.7 Å². The number of fused-ring (bicyclic) bond motifs is 1. The monoisotopic (exact) mass is 291 g/mol. The Balaban J connectivity index is 1.22. The first-order chi connectivity index (χ1) is 10.4. The number of hydrogen-bond acceptors (Lipinski definition) is 3. The van der Waals surface area contributed by atoms with E-state index in [9.17, 15) is 0 Å². The minimum Gasteiger partial charge on any atom is -0.310 e. The molecule has 0 aromatic rings. The van der Waals surface area contributed by atoms with Gasteiger partial charge in [0.1, 0.15) is 0 Å². The number of rotatable bonds is 3. The average Bonchev–Trinajstić information content (AvgIpc) is 3.17. The third kappa shape index (κ3) is 3.30. The molecular formula is C18H33N3. The normalized spacial score (nSPS) is 39.7. The van der Waals surface area contributed by atoms with Crippen molar-refractivity contribution in [3.63, 3.8) is 0 Å². The Hall–Kier alpha value is -0.120. The predicted octanol–water partition coefficient (Wildman–Crippen LogP) is 2.47. The van der Waals surface area contributed by atoms with Crippen LogP contribution in [0.3, 0.4) is 0 Å². The maximum Gasteiger partial charge on any atom is 0.0200 e. The molecule has 21 heavy (non-hydrogen) atoms. The Labute approximate surface area is 130 Å². The first kappa shape index (κ1) is 14.5. The summed E-state index contributed by atoms with van der Waals surface area (Å²) in [4.78, 5) is 5.52. The van der Waals surface area contributed by atoms with Gasteiger partial charge in [0.2, 0.25) is 0 Å². The second-order valence-electron chi connectivity index (χ2n) is 8.03. The molecule has 0 aromatic carbocycles. The highest BCUT2D eigenvalue weighted by atomic mass is 15.3. The van der Waals surface area contributed by atoms with E-state index in [0.29, 0.717) is 0 Å². The van der Waals surface area contributed by atoms with Gasteiger partial charge in [0.15, 0.2) is 0 Å². The smallest absolute Gasteiger partial charge is 0.0200 e. The van der Waals surface area contributed by atoms with Crippen molar-refractivity contribution in [2.75, 3.05) is 32.7 Å². The zero-order valence-electron chi connectivity index (χ0n) is 13.6. The quantitative estimate of drug-likeness (QED) is 0.862. The maximum atomic E-state index is 3.95. The molecule has 2 saturated carbocycles. The summed E-state index contributed by atoms with van der Waals surface area (Å²) >= 11 is 0. The molecule has 2 saturated heterocycles. The molecule has 3 unspecified atom stereocenters. The van der Waals surface area contributed by atoms with Gasteiger partial charge in [0, 0.05) is 50.8 Å². The fraction of sp³-hybridized carbons (Fsp3) is 1.00. The van der Waals surface area contributed by atoms with Crippen LogP contribution in [0, 0.1) is 5.92 Å². The predicted molar refractivity (Wildman–Crippen MR) is 87.6 cm³/mol. The van der Waals surface area contributed by atoms with Crippen LogP contribution in [0.15, 0.2) is 0 Å². The van der Waals surface area contributed by atoms with Crippen LogP contribution in [0.4, 0.5) is 0 Å². The van der Waals surface area contributed by atoms with Crippen LogP contribution in [0.5, 0.6) is 0 Å². The molecule has 3 heteroatoms. The topological polar surface area (TPSA) is 18.5 Å². The van der Waals surface area contributed by atoms with E-state index in [1.54, 1.807) is 0 Å². The van der Waals surface area contributed by atoms with E-state index < -0.39 is 0 Å². The van der Waals surface area contributed by atoms with Crippen molar-refractivity contribution in [2.45, 2.75) is 75.9 Å². The van der Waals surface area contributed by atoms with E-state index in [2.05, 4.69) is 15.1 Å². The summed E-state index contributed by atoms with van der Waals surface area (Å²) in [5.74, 6) is 1.00. The van der Waals surface area contributed by atoms with E-state index in [1.807, 2.05) is 0 Å². The number of hydrogen-bond donors (Lipinski definition) is 1. The molecule has 3 atom stereocenters.